The number of rotatable bonds is 1. The van der Waals surface area contributed by atoms with E-state index in [1.54, 1.807) is 0 Å². The Bertz CT molecular complexity index is 198. The maximum absolute atomic E-state index is 5.22. The number of nitrogen functional groups attached to an aromatic ring is 1. The lowest BCUT2D eigenvalue weighted by Crippen LogP contribution is -2.05. The lowest BCUT2D eigenvalue weighted by molar-refractivity contribution is 0.882. The van der Waals surface area contributed by atoms with Gasteiger partial charge in [-0.2, -0.15) is 4.98 Å². The molecule has 0 spiro atoms. The summed E-state index contributed by atoms with van der Waals surface area (Å²) in [7, 11) is 0. The van der Waals surface area contributed by atoms with Crippen LogP contribution in [0.5, 0.6) is 0 Å². The predicted molar refractivity (Wildman–Crippen MR) is 32.1 cm³/mol. The summed E-state index contributed by atoms with van der Waals surface area (Å²) in [4.78, 5) is 11.0. The molecule has 4 N–H and O–H groups in total. The van der Waals surface area contributed by atoms with Gasteiger partial charge in [0.1, 0.15) is 12.2 Å². The summed E-state index contributed by atoms with van der Waals surface area (Å²) in [6, 6.07) is 0. The van der Waals surface area contributed by atoms with Crippen LogP contribution in [0.2, 0.25) is 0 Å². The smallest absolute Gasteiger partial charge is 0.223 e. The summed E-state index contributed by atoms with van der Waals surface area (Å²) in [6.45, 7) is 0.298. The molecule has 0 radical (unpaired) electrons. The molecule has 9 heavy (non-hydrogen) atoms. The summed E-state index contributed by atoms with van der Waals surface area (Å²) in [5.74, 6) is 0.730. The molecule has 48 valence electrons. The molecule has 0 saturated heterocycles. The molecule has 0 amide bonds. The van der Waals surface area contributed by atoms with Crippen molar-refractivity contribution in [3.63, 3.8) is 0 Å². The monoisotopic (exact) mass is 125 g/mol. The molecule has 5 heteroatoms. The van der Waals surface area contributed by atoms with Gasteiger partial charge in [0.15, 0.2) is 0 Å². The lowest BCUT2D eigenvalue weighted by atomic mass is 10.6. The van der Waals surface area contributed by atoms with E-state index in [9.17, 15) is 0 Å². The van der Waals surface area contributed by atoms with Crippen LogP contribution in [0.4, 0.5) is 5.95 Å². The van der Waals surface area contributed by atoms with Gasteiger partial charge in [0, 0.05) is 0 Å². The van der Waals surface area contributed by atoms with Crippen molar-refractivity contribution in [2.24, 2.45) is 5.73 Å². The normalized spacial score (nSPS) is 9.44. The average Bonchev–Trinajstić information content (AvgIpc) is 1.88. The summed E-state index contributed by atoms with van der Waals surface area (Å²) in [5, 5.41) is 0. The summed E-state index contributed by atoms with van der Waals surface area (Å²) >= 11 is 0. The minimum Gasteiger partial charge on any atom is -0.368 e. The van der Waals surface area contributed by atoms with E-state index in [2.05, 4.69) is 15.0 Å². The molecule has 5 nitrogen and oxygen atoms in total. The third-order valence-electron chi connectivity index (χ3n) is 0.823. The molecule has 0 bridgehead atoms. The molecule has 1 aromatic rings. The fourth-order valence-electron chi connectivity index (χ4n) is 0.443. The van der Waals surface area contributed by atoms with Crippen molar-refractivity contribution in [3.05, 3.63) is 12.2 Å². The van der Waals surface area contributed by atoms with Crippen molar-refractivity contribution < 1.29 is 0 Å². The molecule has 0 aliphatic rings. The number of nitrogens with two attached hydrogens (primary N) is 2. The number of nitrogens with zero attached hydrogens (tertiary/aromatic N) is 3. The van der Waals surface area contributed by atoms with Gasteiger partial charge >= 0.3 is 0 Å². The third-order valence-corrected chi connectivity index (χ3v) is 0.823. The van der Waals surface area contributed by atoms with E-state index in [1.165, 1.54) is 6.33 Å². The van der Waals surface area contributed by atoms with Gasteiger partial charge in [-0.25, -0.2) is 9.97 Å². The molecule has 1 heterocycles. The Hall–Kier alpha value is -1.23. The van der Waals surface area contributed by atoms with Crippen LogP contribution in [0.15, 0.2) is 6.33 Å². The second kappa shape index (κ2) is 2.36. The summed E-state index contributed by atoms with van der Waals surface area (Å²) < 4.78 is 0. The van der Waals surface area contributed by atoms with Gasteiger partial charge in [-0.15, -0.1) is 0 Å². The highest BCUT2D eigenvalue weighted by Crippen LogP contribution is 1.87. The molecule has 1 aromatic heterocycles. The van der Waals surface area contributed by atoms with Crippen LogP contribution in [0.1, 0.15) is 5.82 Å². The van der Waals surface area contributed by atoms with Gasteiger partial charge < -0.3 is 11.5 Å². The van der Waals surface area contributed by atoms with E-state index in [0.717, 1.165) is 0 Å². The standard InChI is InChI=1S/C4H7N5/c5-1-3-7-2-8-4(6)9-3/h2H,1,5H2,(H2,6,7,8,9). The van der Waals surface area contributed by atoms with Crippen molar-refractivity contribution in [2.45, 2.75) is 6.54 Å². The number of hydrogen-bond donors (Lipinski definition) is 2. The molecule has 0 aromatic carbocycles. The second-order valence-electron chi connectivity index (χ2n) is 1.46. The molecule has 0 atom stereocenters. The topological polar surface area (TPSA) is 90.7 Å². The fraction of sp³-hybridized carbons (Fsp3) is 0.250. The molecular weight excluding hydrogens is 118 g/mol. The predicted octanol–water partition coefficient (Wildman–Crippen LogP) is -1.09. The van der Waals surface area contributed by atoms with Gasteiger partial charge in [0.05, 0.1) is 6.54 Å². The highest BCUT2D eigenvalue weighted by Gasteiger charge is 1.91. The largest absolute Gasteiger partial charge is 0.368 e. The minimum absolute atomic E-state index is 0.213. The molecule has 0 fully saturated rings. The van der Waals surface area contributed by atoms with Crippen LogP contribution in [0.25, 0.3) is 0 Å². The van der Waals surface area contributed by atoms with Gasteiger partial charge in [0.2, 0.25) is 5.95 Å². The Balaban J connectivity index is 2.94. The van der Waals surface area contributed by atoms with Gasteiger partial charge in [-0.1, -0.05) is 0 Å². The summed E-state index contributed by atoms with van der Waals surface area (Å²) in [6.07, 6.45) is 1.34. The average molecular weight is 125 g/mol. The van der Waals surface area contributed by atoms with Crippen molar-refractivity contribution in [1.82, 2.24) is 15.0 Å². The van der Waals surface area contributed by atoms with Gasteiger partial charge in [-0.05, 0) is 0 Å². The maximum Gasteiger partial charge on any atom is 0.223 e. The van der Waals surface area contributed by atoms with Crippen LogP contribution in [-0.4, -0.2) is 15.0 Å². The van der Waals surface area contributed by atoms with Crippen molar-refractivity contribution in [3.8, 4) is 0 Å². The Kier molecular flexibility index (Phi) is 1.55. The Labute approximate surface area is 52.1 Å². The van der Waals surface area contributed by atoms with Crippen molar-refractivity contribution in [2.75, 3.05) is 5.73 Å². The van der Waals surface area contributed by atoms with E-state index in [-0.39, 0.29) is 5.95 Å². The second-order valence-corrected chi connectivity index (χ2v) is 1.46. The first-order chi connectivity index (χ1) is 4.33. The molecule has 0 saturated carbocycles. The fourth-order valence-corrected chi connectivity index (χ4v) is 0.443. The Morgan fingerprint density at radius 1 is 1.44 bits per heavy atom. The molecule has 0 unspecified atom stereocenters. The van der Waals surface area contributed by atoms with Crippen LogP contribution in [-0.2, 0) is 6.54 Å². The SMILES string of the molecule is NCc1ncnc(N)n1. The van der Waals surface area contributed by atoms with E-state index in [1.807, 2.05) is 0 Å². The molecule has 1 rings (SSSR count). The molecule has 0 aliphatic heterocycles. The lowest BCUT2D eigenvalue weighted by Gasteiger charge is -1.92. The first-order valence-electron chi connectivity index (χ1n) is 2.46. The van der Waals surface area contributed by atoms with E-state index < -0.39 is 0 Å². The zero-order valence-corrected chi connectivity index (χ0v) is 4.78. The van der Waals surface area contributed by atoms with Gasteiger partial charge in [-0.3, -0.25) is 0 Å². The summed E-state index contributed by atoms with van der Waals surface area (Å²) in [5.41, 5.74) is 10.4. The first-order valence-corrected chi connectivity index (χ1v) is 2.46. The first kappa shape index (κ1) is 5.90. The van der Waals surface area contributed by atoms with Crippen molar-refractivity contribution >= 4 is 5.95 Å². The molecular formula is C4H7N5. The number of hydrogen-bond acceptors (Lipinski definition) is 5. The van der Waals surface area contributed by atoms with E-state index >= 15 is 0 Å². The van der Waals surface area contributed by atoms with Crippen LogP contribution in [0.3, 0.4) is 0 Å². The minimum atomic E-state index is 0.213. The highest BCUT2D eigenvalue weighted by atomic mass is 15.1. The zero-order chi connectivity index (χ0) is 6.69. The van der Waals surface area contributed by atoms with Crippen molar-refractivity contribution in [1.29, 1.82) is 0 Å². The third kappa shape index (κ3) is 1.33. The highest BCUT2D eigenvalue weighted by molar-refractivity contribution is 5.12. The maximum atomic E-state index is 5.22. The van der Waals surface area contributed by atoms with Crippen LogP contribution >= 0.6 is 0 Å². The van der Waals surface area contributed by atoms with E-state index in [4.69, 9.17) is 11.5 Å². The zero-order valence-electron chi connectivity index (χ0n) is 4.78. The number of anilines is 1. The Morgan fingerprint density at radius 3 is 2.67 bits per heavy atom. The quantitative estimate of drug-likeness (QED) is 0.497. The Morgan fingerprint density at radius 2 is 2.22 bits per heavy atom. The molecule has 0 aliphatic carbocycles. The van der Waals surface area contributed by atoms with Crippen LogP contribution < -0.4 is 11.5 Å². The van der Waals surface area contributed by atoms with E-state index in [0.29, 0.717) is 12.4 Å². The number of aromatic nitrogens is 3. The van der Waals surface area contributed by atoms with Gasteiger partial charge in [0.25, 0.3) is 0 Å². The van der Waals surface area contributed by atoms with Crippen LogP contribution in [0, 0.1) is 0 Å².